The van der Waals surface area contributed by atoms with Gasteiger partial charge in [-0.1, -0.05) is 109 Å². The maximum Gasteiger partial charge on any atom is 0.228 e. The molecule has 4 heteroatoms. The molecule has 0 unspecified atom stereocenters. The van der Waals surface area contributed by atoms with Gasteiger partial charge in [0.2, 0.25) is 10.9 Å². The summed E-state index contributed by atoms with van der Waals surface area (Å²) in [4.78, 5) is 5.06. The molecule has 0 bridgehead atoms. The Hall–Kier alpha value is -3.26. The first kappa shape index (κ1) is 19.7. The van der Waals surface area contributed by atoms with Gasteiger partial charge in [-0.25, -0.2) is 4.99 Å². The van der Waals surface area contributed by atoms with Crippen molar-refractivity contribution in [3.05, 3.63) is 127 Å². The summed E-state index contributed by atoms with van der Waals surface area (Å²) in [5.74, 6) is 0.563. The first-order chi connectivity index (χ1) is 15.3. The van der Waals surface area contributed by atoms with E-state index in [0.29, 0.717) is 10.9 Å². The Balaban J connectivity index is 1.93. The molecule has 0 aliphatic carbocycles. The van der Waals surface area contributed by atoms with Crippen molar-refractivity contribution in [3.8, 4) is 0 Å². The van der Waals surface area contributed by atoms with Gasteiger partial charge in [0.1, 0.15) is 5.42 Å². The SMILES string of the molecule is S=C1OC(c2ccccc2)=NC1=P(c1ccccc1)(c1ccccc1)c1ccccc1. The third kappa shape index (κ3) is 3.46. The summed E-state index contributed by atoms with van der Waals surface area (Å²) in [6.07, 6.45) is 0. The second kappa shape index (κ2) is 8.47. The number of nitrogens with zero attached hydrogens (tertiary/aromatic N) is 1. The van der Waals surface area contributed by atoms with Gasteiger partial charge in [0.05, 0.1) is 0 Å². The zero-order valence-electron chi connectivity index (χ0n) is 16.8. The van der Waals surface area contributed by atoms with Gasteiger partial charge in [-0.05, 0) is 40.3 Å². The van der Waals surface area contributed by atoms with Gasteiger partial charge < -0.3 is 4.74 Å². The summed E-state index contributed by atoms with van der Waals surface area (Å²) in [5.41, 5.74) is 1.76. The molecule has 0 aromatic heterocycles. The van der Waals surface area contributed by atoms with Crippen LogP contribution in [0, 0.1) is 0 Å². The molecule has 1 aliphatic rings. The third-order valence-corrected chi connectivity index (χ3v) is 9.93. The molecule has 0 amide bonds. The van der Waals surface area contributed by atoms with Crippen LogP contribution in [0.5, 0.6) is 0 Å². The van der Waals surface area contributed by atoms with Crippen LogP contribution in [0.3, 0.4) is 0 Å². The van der Waals surface area contributed by atoms with Crippen LogP contribution in [0.25, 0.3) is 0 Å². The van der Waals surface area contributed by atoms with E-state index in [0.717, 1.165) is 11.0 Å². The Kier molecular flexibility index (Phi) is 5.38. The van der Waals surface area contributed by atoms with Gasteiger partial charge in [0.25, 0.3) is 0 Å². The summed E-state index contributed by atoms with van der Waals surface area (Å²) in [7, 11) is 0. The molecule has 1 heterocycles. The maximum absolute atomic E-state index is 6.10. The molecule has 2 nitrogen and oxygen atoms in total. The number of rotatable bonds is 4. The fraction of sp³-hybridized carbons (Fsp3) is 0. The maximum atomic E-state index is 6.10. The van der Waals surface area contributed by atoms with Crippen molar-refractivity contribution in [2.24, 2.45) is 4.99 Å². The molecule has 0 radical (unpaired) electrons. The highest BCUT2D eigenvalue weighted by Gasteiger charge is 2.36. The molecule has 0 atom stereocenters. The van der Waals surface area contributed by atoms with E-state index in [1.165, 1.54) is 15.9 Å². The predicted octanol–water partition coefficient (Wildman–Crippen LogP) is 4.91. The highest BCUT2D eigenvalue weighted by atomic mass is 32.1. The average molecular weight is 438 g/mol. The summed E-state index contributed by atoms with van der Waals surface area (Å²) >= 11 is 5.82. The minimum absolute atomic E-state index is 0.448. The molecule has 0 fully saturated rings. The van der Waals surface area contributed by atoms with Crippen molar-refractivity contribution in [3.63, 3.8) is 0 Å². The van der Waals surface area contributed by atoms with Gasteiger partial charge in [0.15, 0.2) is 0 Å². The number of aliphatic imine (C=N–C) groups is 1. The highest BCUT2D eigenvalue weighted by molar-refractivity contribution is 7.98. The van der Waals surface area contributed by atoms with E-state index in [4.69, 9.17) is 21.9 Å². The van der Waals surface area contributed by atoms with Gasteiger partial charge in [0, 0.05) is 12.4 Å². The van der Waals surface area contributed by atoms with E-state index in [9.17, 15) is 0 Å². The smallest absolute Gasteiger partial charge is 0.228 e. The summed E-state index contributed by atoms with van der Waals surface area (Å²) in [6, 6.07) is 41.6. The standard InChI is InChI=1S/C27H20NOPS/c31-27-26(28-25(29-27)21-13-5-1-6-14-21)30(22-15-7-2-8-16-22,23-17-9-3-10-18-23)24-19-11-4-12-20-24/h1-20H. The van der Waals surface area contributed by atoms with E-state index < -0.39 is 6.89 Å². The Morgan fingerprint density at radius 3 is 1.35 bits per heavy atom. The van der Waals surface area contributed by atoms with Crippen LogP contribution in [0.4, 0.5) is 0 Å². The third-order valence-electron chi connectivity index (χ3n) is 5.35. The minimum Gasteiger partial charge on any atom is -0.424 e. The molecule has 0 saturated carbocycles. The largest absolute Gasteiger partial charge is 0.424 e. The van der Waals surface area contributed by atoms with Crippen molar-refractivity contribution >= 4 is 51.4 Å². The van der Waals surface area contributed by atoms with E-state index in [1.807, 2.05) is 48.5 Å². The molecule has 0 saturated heterocycles. The van der Waals surface area contributed by atoms with Crippen molar-refractivity contribution in [2.75, 3.05) is 0 Å². The second-order valence-corrected chi connectivity index (χ2v) is 10.9. The molecule has 31 heavy (non-hydrogen) atoms. The zero-order chi connectivity index (χ0) is 21.1. The van der Waals surface area contributed by atoms with Crippen LogP contribution >= 0.6 is 19.1 Å². The second-order valence-electron chi connectivity index (χ2n) is 7.17. The zero-order valence-corrected chi connectivity index (χ0v) is 18.5. The first-order valence-electron chi connectivity index (χ1n) is 10.1. The summed E-state index contributed by atoms with van der Waals surface area (Å²) in [5, 5.41) is 4.05. The quantitative estimate of drug-likeness (QED) is 0.334. The average Bonchev–Trinajstić information content (AvgIpc) is 3.24. The van der Waals surface area contributed by atoms with E-state index in [-0.39, 0.29) is 0 Å². The fourth-order valence-electron chi connectivity index (χ4n) is 3.98. The van der Waals surface area contributed by atoms with Gasteiger partial charge in [-0.2, -0.15) is 0 Å². The number of thiocarbonyl (C=S) groups is 1. The first-order valence-corrected chi connectivity index (χ1v) is 12.3. The number of ether oxygens (including phenoxy) is 1. The van der Waals surface area contributed by atoms with Crippen molar-refractivity contribution < 1.29 is 4.74 Å². The van der Waals surface area contributed by atoms with Gasteiger partial charge >= 0.3 is 0 Å². The molecular weight excluding hydrogens is 417 g/mol. The molecule has 0 N–H and O–H groups in total. The fourth-order valence-corrected chi connectivity index (χ4v) is 8.56. The van der Waals surface area contributed by atoms with Crippen molar-refractivity contribution in [1.82, 2.24) is 0 Å². The number of hydrogen-bond acceptors (Lipinski definition) is 2. The lowest BCUT2D eigenvalue weighted by atomic mass is 10.2. The molecule has 5 rings (SSSR count). The van der Waals surface area contributed by atoms with Crippen LogP contribution in [0.2, 0.25) is 0 Å². The molecule has 4 aromatic rings. The molecule has 150 valence electrons. The minimum atomic E-state index is -2.35. The number of hydrogen-bond donors (Lipinski definition) is 0. The summed E-state index contributed by atoms with van der Waals surface area (Å²) < 4.78 is 6.10. The Morgan fingerprint density at radius 1 is 0.548 bits per heavy atom. The van der Waals surface area contributed by atoms with Crippen molar-refractivity contribution in [2.45, 2.75) is 0 Å². The van der Waals surface area contributed by atoms with Crippen LogP contribution in [-0.4, -0.2) is 16.4 Å². The van der Waals surface area contributed by atoms with Crippen molar-refractivity contribution in [1.29, 1.82) is 0 Å². The Morgan fingerprint density at radius 2 is 0.935 bits per heavy atom. The molecule has 4 aromatic carbocycles. The lowest BCUT2D eigenvalue weighted by molar-refractivity contribution is 0.583. The monoisotopic (exact) mass is 437 g/mol. The molecule has 1 aliphatic heterocycles. The Bertz CT molecular complexity index is 1200. The Labute approximate surface area is 187 Å². The molecule has 0 spiro atoms. The topological polar surface area (TPSA) is 21.6 Å². The lowest BCUT2D eigenvalue weighted by Gasteiger charge is -2.29. The van der Waals surface area contributed by atoms with Crippen LogP contribution in [-0.2, 0) is 4.74 Å². The van der Waals surface area contributed by atoms with E-state index in [2.05, 4.69) is 72.8 Å². The summed E-state index contributed by atoms with van der Waals surface area (Å²) in [6.45, 7) is -2.35. The normalized spacial score (nSPS) is 13.6. The highest BCUT2D eigenvalue weighted by Crippen LogP contribution is 2.47. The van der Waals surface area contributed by atoms with Crippen LogP contribution in [0.15, 0.2) is 126 Å². The van der Waals surface area contributed by atoms with Gasteiger partial charge in [-0.15, -0.1) is 0 Å². The number of benzene rings is 4. The van der Waals surface area contributed by atoms with Gasteiger partial charge in [-0.3, -0.25) is 0 Å². The van der Waals surface area contributed by atoms with E-state index in [1.54, 1.807) is 0 Å². The van der Waals surface area contributed by atoms with Crippen LogP contribution < -0.4 is 15.9 Å². The van der Waals surface area contributed by atoms with E-state index >= 15 is 0 Å². The lowest BCUT2D eigenvalue weighted by Crippen LogP contribution is -2.31. The predicted molar refractivity (Wildman–Crippen MR) is 137 cm³/mol. The molecular formula is C27H20NOPS. The van der Waals surface area contributed by atoms with Crippen LogP contribution in [0.1, 0.15) is 5.56 Å².